The van der Waals surface area contributed by atoms with Crippen molar-refractivity contribution in [2.24, 2.45) is 27.6 Å². The Balaban J connectivity index is 1.11. The fraction of sp³-hybridized carbons (Fsp3) is 0.596. The zero-order chi connectivity index (χ0) is 43.0. The molecule has 0 bridgehead atoms. The first-order chi connectivity index (χ1) is 29.6. The molecule has 2 aromatic rings. The number of ether oxygens (including phenoxy) is 4. The maximum atomic E-state index is 14.2. The van der Waals surface area contributed by atoms with Crippen LogP contribution < -0.4 is 5.73 Å². The molecule has 1 aromatic heterocycles. The van der Waals surface area contributed by atoms with Crippen molar-refractivity contribution in [3.8, 4) is 0 Å². The molecule has 2 fully saturated rings. The van der Waals surface area contributed by atoms with Gasteiger partial charge in [0.05, 0.1) is 62.2 Å². The summed E-state index contributed by atoms with van der Waals surface area (Å²) in [6, 6.07) is 8.85. The van der Waals surface area contributed by atoms with E-state index in [-0.39, 0.29) is 47.9 Å². The number of aromatic nitrogens is 2. The number of methoxy groups -OCH3 is 2. The minimum atomic E-state index is -0.512. The molecule has 14 nitrogen and oxygen atoms in total. The van der Waals surface area contributed by atoms with Crippen molar-refractivity contribution < 1.29 is 28.5 Å². The third-order valence-electron chi connectivity index (χ3n) is 12.9. The number of hydrogen-bond acceptors (Lipinski definition) is 11. The molecule has 8 unspecified atom stereocenters. The van der Waals surface area contributed by atoms with Crippen LogP contribution in [-0.4, -0.2) is 147 Å². The summed E-state index contributed by atoms with van der Waals surface area (Å²) in [5.41, 5.74) is 12.3. The van der Waals surface area contributed by atoms with Crippen molar-refractivity contribution in [3.05, 3.63) is 83.0 Å². The first-order valence-electron chi connectivity index (χ1n) is 22.2. The summed E-state index contributed by atoms with van der Waals surface area (Å²) in [5, 5.41) is 0. The van der Waals surface area contributed by atoms with E-state index in [0.29, 0.717) is 39.5 Å². The van der Waals surface area contributed by atoms with E-state index < -0.39 is 18.2 Å². The first kappa shape index (κ1) is 44.7. The van der Waals surface area contributed by atoms with E-state index in [2.05, 4.69) is 23.2 Å². The molecule has 0 radical (unpaired) electrons. The van der Waals surface area contributed by atoms with Crippen LogP contribution in [-0.2, 0) is 28.5 Å². The number of likely N-dealkylation sites (tertiary alicyclic amines) is 2. The van der Waals surface area contributed by atoms with Crippen molar-refractivity contribution in [1.29, 1.82) is 0 Å². The molecule has 61 heavy (non-hydrogen) atoms. The zero-order valence-electron chi connectivity index (χ0n) is 36.9. The second-order valence-electron chi connectivity index (χ2n) is 17.4. The number of imidazole rings is 1. The highest BCUT2D eigenvalue weighted by Crippen LogP contribution is 2.40. The zero-order valence-corrected chi connectivity index (χ0v) is 36.9. The Morgan fingerprint density at radius 3 is 2.26 bits per heavy atom. The van der Waals surface area contributed by atoms with Gasteiger partial charge in [-0.1, -0.05) is 62.4 Å². The fourth-order valence-electron chi connectivity index (χ4n) is 9.51. The number of benzene rings is 1. The van der Waals surface area contributed by atoms with Crippen LogP contribution in [0.3, 0.4) is 0 Å². The number of aliphatic imine (C=N–C) groups is 2. The van der Waals surface area contributed by atoms with Gasteiger partial charge in [-0.25, -0.2) is 4.98 Å². The monoisotopic (exact) mass is 839 g/mol. The highest BCUT2D eigenvalue weighted by molar-refractivity contribution is 6.32. The van der Waals surface area contributed by atoms with Gasteiger partial charge in [0.2, 0.25) is 11.8 Å². The maximum Gasteiger partial charge on any atom is 0.245 e. The number of H-pyrrole nitrogens is 1. The number of allylic oxidation sites excluding steroid dienone is 3. The number of carbonyl (C=O) groups excluding carboxylic acids is 2. The van der Waals surface area contributed by atoms with E-state index in [1.807, 2.05) is 85.4 Å². The van der Waals surface area contributed by atoms with E-state index in [1.54, 1.807) is 14.2 Å². The van der Waals surface area contributed by atoms with Crippen LogP contribution in [0.4, 0.5) is 0 Å². The van der Waals surface area contributed by atoms with E-state index in [4.69, 9.17) is 39.6 Å². The molecule has 2 aliphatic carbocycles. The Hall–Kier alpha value is -4.31. The Morgan fingerprint density at radius 1 is 0.902 bits per heavy atom. The highest BCUT2D eigenvalue weighted by atomic mass is 16.6. The van der Waals surface area contributed by atoms with Crippen LogP contribution in [0.2, 0.25) is 0 Å². The molecule has 7 rings (SSSR count). The molecule has 4 heterocycles. The number of nitrogens with zero attached hydrogens (tertiary/aromatic N) is 6. The van der Waals surface area contributed by atoms with Crippen LogP contribution in [0.25, 0.3) is 5.57 Å². The number of nitrogens with two attached hydrogens (primary N) is 1. The molecule has 0 saturated carbocycles. The summed E-state index contributed by atoms with van der Waals surface area (Å²) >= 11 is 0. The molecule has 2 amide bonds. The van der Waals surface area contributed by atoms with Crippen molar-refractivity contribution >= 4 is 29.3 Å². The molecule has 0 spiro atoms. The lowest BCUT2D eigenvalue weighted by Gasteiger charge is -2.35. The Labute approximate surface area is 361 Å². The van der Waals surface area contributed by atoms with Crippen molar-refractivity contribution in [2.75, 3.05) is 67.8 Å². The molecule has 14 heteroatoms. The van der Waals surface area contributed by atoms with Crippen LogP contribution in [0.1, 0.15) is 88.0 Å². The number of hydrogen-bond donors (Lipinski definition) is 2. The topological polar surface area (TPSA) is 160 Å². The first-order valence-corrected chi connectivity index (χ1v) is 22.2. The normalized spacial score (nSPS) is 26.4. The SMILES string of the molecule is COCCOC1C(C2=CCC(C3=NC(C4CCCN4C(=O)C(N)C(C)C)N=C3)CC2)=CC=C(c2cnc(C3CCCN3C(=O)C(c3ccccc3)N(C)C)[nH]2)C1OCCOC. The minimum absolute atomic E-state index is 0.00378. The van der Waals surface area contributed by atoms with Crippen molar-refractivity contribution in [1.82, 2.24) is 24.7 Å². The van der Waals surface area contributed by atoms with E-state index >= 15 is 0 Å². The molecule has 8 atom stereocenters. The molecule has 1 aromatic carbocycles. The standard InChI is InChI=1S/C47H66N8O6/c1-30(2)40(48)46(56)54-22-10-14-38(54)44-49-28-36(51-44)32-18-16-31(17-19-32)34-20-21-35(43(61-27-25-59-6)42(34)60-26-24-58-5)37-29-50-45(52-37)39-15-11-23-55(39)47(57)41(53(3)4)33-12-8-7-9-13-33/h7-9,12-13,16,20-21,28-30,32,38-44H,10-11,14-15,17-19,22-27,48H2,1-6H3,(H,50,52). The third-order valence-corrected chi connectivity index (χ3v) is 12.9. The van der Waals surface area contributed by atoms with Crippen LogP contribution in [0.15, 0.2) is 75.9 Å². The van der Waals surface area contributed by atoms with Gasteiger partial charge < -0.3 is 39.5 Å². The summed E-state index contributed by atoms with van der Waals surface area (Å²) in [6.45, 7) is 7.01. The number of rotatable bonds is 18. The van der Waals surface area contributed by atoms with Gasteiger partial charge in [0.25, 0.3) is 0 Å². The summed E-state index contributed by atoms with van der Waals surface area (Å²) < 4.78 is 24.2. The molecule has 3 N–H and O–H groups in total. The molecular weight excluding hydrogens is 773 g/mol. The number of amides is 2. The largest absolute Gasteiger partial charge is 0.382 e. The highest BCUT2D eigenvalue weighted by Gasteiger charge is 2.41. The van der Waals surface area contributed by atoms with Gasteiger partial charge in [-0.2, -0.15) is 0 Å². The van der Waals surface area contributed by atoms with Crippen LogP contribution in [0, 0.1) is 11.8 Å². The Bertz CT molecular complexity index is 1970. The Morgan fingerprint density at radius 2 is 1.59 bits per heavy atom. The lowest BCUT2D eigenvalue weighted by molar-refractivity contribution is -0.137. The molecule has 330 valence electrons. The van der Waals surface area contributed by atoms with E-state index in [9.17, 15) is 9.59 Å². The molecule has 3 aliphatic heterocycles. The lowest BCUT2D eigenvalue weighted by Crippen LogP contribution is -2.50. The van der Waals surface area contributed by atoms with E-state index in [1.165, 1.54) is 5.57 Å². The van der Waals surface area contributed by atoms with Gasteiger partial charge in [0.1, 0.15) is 24.1 Å². The van der Waals surface area contributed by atoms with E-state index in [0.717, 1.165) is 78.9 Å². The predicted octanol–water partition coefficient (Wildman–Crippen LogP) is 5.32. The summed E-state index contributed by atoms with van der Waals surface area (Å²) in [7, 11) is 7.25. The average Bonchev–Trinajstić information content (AvgIpc) is 4.11. The second-order valence-corrected chi connectivity index (χ2v) is 17.4. The summed E-state index contributed by atoms with van der Waals surface area (Å²) in [6.07, 6.45) is 15.4. The summed E-state index contributed by atoms with van der Waals surface area (Å²) in [5.74, 6) is 1.16. The number of carbonyl (C=O) groups is 2. The average molecular weight is 839 g/mol. The van der Waals surface area contributed by atoms with Crippen molar-refractivity contribution in [2.45, 2.75) is 101 Å². The smallest absolute Gasteiger partial charge is 0.245 e. The number of nitrogens with one attached hydrogen (secondary N) is 1. The van der Waals surface area contributed by atoms with Gasteiger partial charge >= 0.3 is 0 Å². The maximum absolute atomic E-state index is 14.2. The number of aromatic amines is 1. The fourth-order valence-corrected chi connectivity index (χ4v) is 9.51. The van der Waals surface area contributed by atoms with Gasteiger partial charge in [-0.15, -0.1) is 0 Å². The quantitative estimate of drug-likeness (QED) is 0.190. The molecule has 5 aliphatic rings. The van der Waals surface area contributed by atoms with Gasteiger partial charge in [0, 0.05) is 45.0 Å². The predicted molar refractivity (Wildman–Crippen MR) is 237 cm³/mol. The third kappa shape index (κ3) is 10.0. The minimum Gasteiger partial charge on any atom is -0.382 e. The van der Waals surface area contributed by atoms with Gasteiger partial charge in [0.15, 0.2) is 6.17 Å². The van der Waals surface area contributed by atoms with Crippen molar-refractivity contribution in [3.63, 3.8) is 0 Å². The number of likely N-dealkylation sites (N-methyl/N-ethyl adjacent to an activating group) is 1. The van der Waals surface area contributed by atoms with Crippen LogP contribution >= 0.6 is 0 Å². The van der Waals surface area contributed by atoms with Gasteiger partial charge in [-0.05, 0) is 81.7 Å². The molecule has 2 saturated heterocycles. The lowest BCUT2D eigenvalue weighted by atomic mass is 9.79. The second kappa shape index (κ2) is 20.7. The Kier molecular flexibility index (Phi) is 15.2. The van der Waals surface area contributed by atoms with Gasteiger partial charge in [-0.3, -0.25) is 24.5 Å². The van der Waals surface area contributed by atoms with Crippen LogP contribution in [0.5, 0.6) is 0 Å². The summed E-state index contributed by atoms with van der Waals surface area (Å²) in [4.78, 5) is 51.8. The molecular formula is C47H66N8O6.